The molecule has 6 heteroatoms. The van der Waals surface area contributed by atoms with Gasteiger partial charge in [0.2, 0.25) is 5.95 Å². The Bertz CT molecular complexity index is 543. The zero-order valence-electron chi connectivity index (χ0n) is 9.26. The average Bonchev–Trinajstić information content (AvgIpc) is 2.54. The third-order valence-corrected chi connectivity index (χ3v) is 2.79. The van der Waals surface area contributed by atoms with Crippen LogP contribution in [-0.4, -0.2) is 9.55 Å². The Morgan fingerprint density at radius 2 is 1.88 bits per heavy atom. The molecular weight excluding hydrogens is 264 g/mol. The molecule has 1 N–H and O–H groups in total. The molecule has 1 aromatic carbocycles. The van der Waals surface area contributed by atoms with E-state index in [4.69, 9.17) is 23.2 Å². The maximum Gasteiger partial charge on any atom is 0.207 e. The van der Waals surface area contributed by atoms with Crippen molar-refractivity contribution in [3.05, 3.63) is 39.9 Å². The first-order valence-corrected chi connectivity index (χ1v) is 5.64. The van der Waals surface area contributed by atoms with Gasteiger partial charge >= 0.3 is 0 Å². The van der Waals surface area contributed by atoms with Crippen LogP contribution < -0.4 is 5.32 Å². The maximum atomic E-state index is 13.2. The largest absolute Gasteiger partial charge is 0.326 e. The molecule has 0 atom stereocenters. The van der Waals surface area contributed by atoms with Gasteiger partial charge in [0.1, 0.15) is 0 Å². The van der Waals surface area contributed by atoms with Gasteiger partial charge in [-0.3, -0.25) is 0 Å². The zero-order chi connectivity index (χ0) is 12.6. The van der Waals surface area contributed by atoms with Gasteiger partial charge in [0.15, 0.2) is 5.82 Å². The number of nitrogens with one attached hydrogen (secondary N) is 1. The number of rotatable bonds is 2. The number of hydrogen-bond donors (Lipinski definition) is 1. The summed E-state index contributed by atoms with van der Waals surface area (Å²) in [6.45, 7) is 1.88. The maximum absolute atomic E-state index is 13.2. The zero-order valence-corrected chi connectivity index (χ0v) is 10.8. The van der Waals surface area contributed by atoms with Crippen molar-refractivity contribution in [3.8, 4) is 0 Å². The number of aromatic nitrogens is 2. The van der Waals surface area contributed by atoms with E-state index in [0.29, 0.717) is 11.6 Å². The van der Waals surface area contributed by atoms with Gasteiger partial charge in [0.25, 0.3) is 0 Å². The number of aryl methyl sites for hydroxylation is 2. The molecule has 0 saturated carbocycles. The highest BCUT2D eigenvalue weighted by molar-refractivity contribution is 6.35. The number of anilines is 2. The Morgan fingerprint density at radius 1 is 1.29 bits per heavy atom. The Labute approximate surface area is 108 Å². The number of halogens is 3. The Balaban J connectivity index is 2.33. The predicted molar refractivity (Wildman–Crippen MR) is 67.6 cm³/mol. The molecule has 1 heterocycles. The van der Waals surface area contributed by atoms with E-state index in [1.165, 1.54) is 12.1 Å². The molecule has 90 valence electrons. The third-order valence-electron chi connectivity index (χ3n) is 2.24. The van der Waals surface area contributed by atoms with Crippen molar-refractivity contribution in [2.24, 2.45) is 7.05 Å². The van der Waals surface area contributed by atoms with E-state index in [1.54, 1.807) is 0 Å². The summed E-state index contributed by atoms with van der Waals surface area (Å²) >= 11 is 11.4. The first-order valence-electron chi connectivity index (χ1n) is 4.89. The van der Waals surface area contributed by atoms with Gasteiger partial charge < -0.3 is 9.88 Å². The minimum Gasteiger partial charge on any atom is -0.326 e. The van der Waals surface area contributed by atoms with Crippen LogP contribution >= 0.6 is 23.2 Å². The van der Waals surface area contributed by atoms with Crippen LogP contribution in [0.3, 0.4) is 0 Å². The smallest absolute Gasteiger partial charge is 0.207 e. The molecule has 0 aliphatic rings. The summed E-state index contributed by atoms with van der Waals surface area (Å²) in [5.74, 6) is 0.0242. The van der Waals surface area contributed by atoms with Gasteiger partial charge in [-0.25, -0.2) is 9.37 Å². The van der Waals surface area contributed by atoms with Crippen LogP contribution in [0.4, 0.5) is 16.0 Å². The van der Waals surface area contributed by atoms with Crippen LogP contribution in [0.5, 0.6) is 0 Å². The lowest BCUT2D eigenvalue weighted by Crippen LogP contribution is -1.99. The Hall–Kier alpha value is -1.26. The van der Waals surface area contributed by atoms with Crippen molar-refractivity contribution in [2.45, 2.75) is 6.92 Å². The van der Waals surface area contributed by atoms with Gasteiger partial charge in [-0.1, -0.05) is 23.2 Å². The summed E-state index contributed by atoms with van der Waals surface area (Å²) in [6, 6.07) is 2.93. The van der Waals surface area contributed by atoms with Gasteiger partial charge in [-0.15, -0.1) is 0 Å². The summed E-state index contributed by atoms with van der Waals surface area (Å²) in [6.07, 6.45) is 1.87. The third kappa shape index (κ3) is 2.53. The molecule has 0 aliphatic carbocycles. The molecule has 0 unspecified atom stereocenters. The number of hydrogen-bond acceptors (Lipinski definition) is 2. The fourth-order valence-corrected chi connectivity index (χ4v) is 1.98. The first-order chi connectivity index (χ1) is 7.97. The van der Waals surface area contributed by atoms with Crippen molar-refractivity contribution < 1.29 is 4.39 Å². The summed E-state index contributed by atoms with van der Waals surface area (Å²) in [5.41, 5.74) is 1.48. The van der Waals surface area contributed by atoms with Crippen LogP contribution in [0.2, 0.25) is 10.0 Å². The fourth-order valence-electron chi connectivity index (χ4n) is 1.49. The highest BCUT2D eigenvalue weighted by Gasteiger charge is 2.09. The summed E-state index contributed by atoms with van der Waals surface area (Å²) in [5, 5.41) is 2.97. The molecular formula is C11H10Cl2FN3. The molecule has 0 aliphatic heterocycles. The van der Waals surface area contributed by atoms with Crippen LogP contribution in [0.1, 0.15) is 5.69 Å². The lowest BCUT2D eigenvalue weighted by molar-refractivity contribution is 0.629. The van der Waals surface area contributed by atoms with Crippen molar-refractivity contribution in [2.75, 3.05) is 5.32 Å². The van der Waals surface area contributed by atoms with E-state index in [9.17, 15) is 4.39 Å². The van der Waals surface area contributed by atoms with E-state index in [0.717, 1.165) is 5.69 Å². The molecule has 2 rings (SSSR count). The molecule has 0 spiro atoms. The number of benzene rings is 1. The highest BCUT2D eigenvalue weighted by atomic mass is 35.5. The van der Waals surface area contributed by atoms with E-state index < -0.39 is 5.82 Å². The molecule has 3 nitrogen and oxygen atoms in total. The van der Waals surface area contributed by atoms with Crippen LogP contribution in [-0.2, 0) is 7.05 Å². The Morgan fingerprint density at radius 3 is 2.35 bits per heavy atom. The summed E-state index contributed by atoms with van der Waals surface area (Å²) < 4.78 is 15.0. The summed E-state index contributed by atoms with van der Waals surface area (Å²) in [7, 11) is 1.86. The number of nitrogens with zero attached hydrogens (tertiary/aromatic N) is 2. The van der Waals surface area contributed by atoms with Gasteiger partial charge in [0, 0.05) is 18.9 Å². The minimum absolute atomic E-state index is 0.0223. The molecule has 2 aromatic rings. The van der Waals surface area contributed by atoms with E-state index >= 15 is 0 Å². The van der Waals surface area contributed by atoms with E-state index in [1.807, 2.05) is 24.7 Å². The Kier molecular flexibility index (Phi) is 3.26. The van der Waals surface area contributed by atoms with Crippen molar-refractivity contribution in [3.63, 3.8) is 0 Å². The second-order valence-corrected chi connectivity index (χ2v) is 4.51. The molecule has 0 bridgehead atoms. The van der Waals surface area contributed by atoms with Gasteiger partial charge in [-0.2, -0.15) is 0 Å². The molecule has 0 radical (unpaired) electrons. The fraction of sp³-hybridized carbons (Fsp3) is 0.182. The molecule has 0 fully saturated rings. The normalized spacial score (nSPS) is 10.6. The van der Waals surface area contributed by atoms with Crippen molar-refractivity contribution >= 4 is 34.8 Å². The minimum atomic E-state index is -0.616. The molecule has 17 heavy (non-hydrogen) atoms. The number of imidazole rings is 1. The van der Waals surface area contributed by atoms with Gasteiger partial charge in [0.05, 0.1) is 15.7 Å². The molecule has 0 amide bonds. The van der Waals surface area contributed by atoms with Crippen molar-refractivity contribution in [1.82, 2.24) is 9.55 Å². The van der Waals surface area contributed by atoms with Crippen LogP contribution in [0, 0.1) is 12.7 Å². The lowest BCUT2D eigenvalue weighted by Gasteiger charge is -2.07. The molecule has 1 aromatic heterocycles. The van der Waals surface area contributed by atoms with Crippen LogP contribution in [0.15, 0.2) is 18.3 Å². The second kappa shape index (κ2) is 4.55. The highest BCUT2D eigenvalue weighted by Crippen LogP contribution is 2.28. The SMILES string of the molecule is Cc1cn(C)c(Nc2cc(Cl)c(F)c(Cl)c2)n1. The van der Waals surface area contributed by atoms with Crippen LogP contribution in [0.25, 0.3) is 0 Å². The van der Waals surface area contributed by atoms with E-state index in [-0.39, 0.29) is 10.0 Å². The lowest BCUT2D eigenvalue weighted by atomic mass is 10.3. The second-order valence-electron chi connectivity index (χ2n) is 3.70. The monoisotopic (exact) mass is 273 g/mol. The van der Waals surface area contributed by atoms with Crippen molar-refractivity contribution in [1.29, 1.82) is 0 Å². The standard InChI is InChI=1S/C11H10Cl2FN3/c1-6-5-17(2)11(15-6)16-7-3-8(12)10(14)9(13)4-7/h3-5H,1-2H3,(H,15,16). The first kappa shape index (κ1) is 12.2. The van der Waals surface area contributed by atoms with E-state index in [2.05, 4.69) is 10.3 Å². The van der Waals surface area contributed by atoms with Gasteiger partial charge in [-0.05, 0) is 19.1 Å². The molecule has 0 saturated heterocycles. The predicted octanol–water partition coefficient (Wildman–Crippen LogP) is 3.92. The average molecular weight is 274 g/mol. The quantitative estimate of drug-likeness (QED) is 0.841. The summed E-state index contributed by atoms with van der Waals surface area (Å²) in [4.78, 5) is 4.26. The topological polar surface area (TPSA) is 29.9 Å².